The molecular formula is C19H32IN3O3. The van der Waals surface area contributed by atoms with Gasteiger partial charge in [0.2, 0.25) is 0 Å². The number of carbonyl (C=O) groups excluding carboxylic acids is 1. The molecule has 1 aromatic carbocycles. The summed E-state index contributed by atoms with van der Waals surface area (Å²) in [4.78, 5) is 15.7. The largest absolute Gasteiger partial charge is 0.494 e. The molecule has 6 nitrogen and oxygen atoms in total. The molecule has 0 saturated carbocycles. The predicted molar refractivity (Wildman–Crippen MR) is 116 cm³/mol. The van der Waals surface area contributed by atoms with E-state index in [-0.39, 0.29) is 29.9 Å². The zero-order valence-corrected chi connectivity index (χ0v) is 18.4. The van der Waals surface area contributed by atoms with Crippen molar-refractivity contribution in [3.8, 4) is 5.75 Å². The molecule has 0 aliphatic carbocycles. The number of carbonyl (C=O) groups is 1. The van der Waals surface area contributed by atoms with Crippen LogP contribution in [0.15, 0.2) is 29.3 Å². The van der Waals surface area contributed by atoms with E-state index < -0.39 is 0 Å². The molecule has 0 aliphatic heterocycles. The van der Waals surface area contributed by atoms with Gasteiger partial charge in [-0.15, -0.1) is 24.0 Å². The highest BCUT2D eigenvalue weighted by atomic mass is 127. The number of aliphatic imine (C=N–C) groups is 1. The number of benzene rings is 1. The van der Waals surface area contributed by atoms with E-state index in [2.05, 4.69) is 20.4 Å². The quantitative estimate of drug-likeness (QED) is 0.168. The highest BCUT2D eigenvalue weighted by Crippen LogP contribution is 2.18. The van der Waals surface area contributed by atoms with E-state index in [0.717, 1.165) is 49.6 Å². The number of guanidine groups is 1. The summed E-state index contributed by atoms with van der Waals surface area (Å²) >= 11 is 0. The van der Waals surface area contributed by atoms with Gasteiger partial charge >= 0.3 is 5.97 Å². The normalized spacial score (nSPS) is 10.7. The number of methoxy groups -OCH3 is 1. The van der Waals surface area contributed by atoms with Gasteiger partial charge in [0.05, 0.1) is 20.3 Å². The second-order valence-corrected chi connectivity index (χ2v) is 5.55. The second-order valence-electron chi connectivity index (χ2n) is 5.55. The van der Waals surface area contributed by atoms with Crippen LogP contribution in [0.3, 0.4) is 0 Å². The Bertz CT molecular complexity index is 539. The molecule has 1 rings (SSSR count). The molecule has 0 heterocycles. The Hall–Kier alpha value is -1.51. The topological polar surface area (TPSA) is 72.0 Å². The van der Waals surface area contributed by atoms with Gasteiger partial charge in [-0.25, -0.2) is 4.99 Å². The number of unbranched alkanes of at least 4 members (excludes halogenated alkanes) is 2. The minimum Gasteiger partial charge on any atom is -0.494 e. The number of halogens is 1. The molecule has 7 heteroatoms. The van der Waals surface area contributed by atoms with Gasteiger partial charge in [0.1, 0.15) is 5.75 Å². The zero-order chi connectivity index (χ0) is 18.3. The van der Waals surface area contributed by atoms with Crippen LogP contribution in [-0.4, -0.2) is 38.7 Å². The lowest BCUT2D eigenvalue weighted by Gasteiger charge is -2.12. The monoisotopic (exact) mass is 477 g/mol. The van der Waals surface area contributed by atoms with E-state index in [4.69, 9.17) is 4.74 Å². The van der Waals surface area contributed by atoms with Crippen molar-refractivity contribution in [2.45, 2.75) is 46.1 Å². The van der Waals surface area contributed by atoms with Gasteiger partial charge < -0.3 is 20.1 Å². The van der Waals surface area contributed by atoms with Crippen LogP contribution in [0.25, 0.3) is 0 Å². The second kappa shape index (κ2) is 15.7. The Balaban J connectivity index is 0.00000625. The predicted octanol–water partition coefficient (Wildman–Crippen LogP) is 3.49. The molecule has 0 fully saturated rings. The van der Waals surface area contributed by atoms with Crippen LogP contribution in [0.1, 0.15) is 45.1 Å². The lowest BCUT2D eigenvalue weighted by molar-refractivity contribution is -0.140. The fraction of sp³-hybridized carbons (Fsp3) is 0.579. The van der Waals surface area contributed by atoms with E-state index in [1.807, 2.05) is 38.1 Å². The molecule has 0 atom stereocenters. The molecule has 2 N–H and O–H groups in total. The fourth-order valence-electron chi connectivity index (χ4n) is 2.32. The Morgan fingerprint density at radius 3 is 2.58 bits per heavy atom. The molecule has 0 unspecified atom stereocenters. The molecule has 0 aliphatic rings. The van der Waals surface area contributed by atoms with Crippen LogP contribution in [0.4, 0.5) is 0 Å². The number of para-hydroxylation sites is 1. The minimum absolute atomic E-state index is 0. The van der Waals surface area contributed by atoms with Crippen LogP contribution in [0.2, 0.25) is 0 Å². The molecule has 0 spiro atoms. The smallest absolute Gasteiger partial charge is 0.305 e. The Kier molecular flexibility index (Phi) is 14.8. The molecular weight excluding hydrogens is 445 g/mol. The molecule has 0 amide bonds. The first-order chi connectivity index (χ1) is 12.2. The van der Waals surface area contributed by atoms with Gasteiger partial charge in [-0.1, -0.05) is 24.6 Å². The lowest BCUT2D eigenvalue weighted by atomic mass is 10.2. The standard InChI is InChI=1S/C19H31N3O3.HI/c1-4-20-19(21-14-10-6-7-13-18(23)24-3)22-15-16-11-8-9-12-17(16)25-5-2;/h8-9,11-12H,4-7,10,13-15H2,1-3H3,(H2,20,21,22);1H. The van der Waals surface area contributed by atoms with Crippen LogP contribution in [0.5, 0.6) is 5.75 Å². The van der Waals surface area contributed by atoms with Gasteiger partial charge in [0.25, 0.3) is 0 Å². The number of rotatable bonds is 11. The SMILES string of the molecule is CCNC(=NCc1ccccc1OCC)NCCCCCC(=O)OC.I. The number of nitrogens with zero attached hydrogens (tertiary/aromatic N) is 1. The summed E-state index contributed by atoms with van der Waals surface area (Å²) < 4.78 is 10.3. The van der Waals surface area contributed by atoms with Crippen molar-refractivity contribution < 1.29 is 14.3 Å². The maximum absolute atomic E-state index is 11.1. The number of esters is 1. The first-order valence-corrected chi connectivity index (χ1v) is 9.00. The van der Waals surface area contributed by atoms with E-state index in [1.54, 1.807) is 0 Å². The van der Waals surface area contributed by atoms with E-state index in [9.17, 15) is 4.79 Å². The summed E-state index contributed by atoms with van der Waals surface area (Å²) in [7, 11) is 1.42. The van der Waals surface area contributed by atoms with Gasteiger partial charge in [-0.05, 0) is 32.8 Å². The fourth-order valence-corrected chi connectivity index (χ4v) is 2.32. The third-order valence-corrected chi connectivity index (χ3v) is 3.60. The maximum Gasteiger partial charge on any atom is 0.305 e. The van der Waals surface area contributed by atoms with Crippen LogP contribution in [0, 0.1) is 0 Å². The van der Waals surface area contributed by atoms with Crippen molar-refractivity contribution >= 4 is 35.9 Å². The Labute approximate surface area is 174 Å². The minimum atomic E-state index is -0.143. The van der Waals surface area contributed by atoms with Crippen molar-refractivity contribution in [1.82, 2.24) is 10.6 Å². The summed E-state index contributed by atoms with van der Waals surface area (Å²) in [6.45, 7) is 6.85. The average molecular weight is 477 g/mol. The van der Waals surface area contributed by atoms with Gasteiger partial charge in [0.15, 0.2) is 5.96 Å². The molecule has 148 valence electrons. The number of hydrogen-bond donors (Lipinski definition) is 2. The zero-order valence-electron chi connectivity index (χ0n) is 16.0. The van der Waals surface area contributed by atoms with Crippen molar-refractivity contribution in [3.05, 3.63) is 29.8 Å². The van der Waals surface area contributed by atoms with Gasteiger partial charge in [0, 0.05) is 25.1 Å². The van der Waals surface area contributed by atoms with Crippen LogP contribution in [-0.2, 0) is 16.1 Å². The number of nitrogens with one attached hydrogen (secondary N) is 2. The first-order valence-electron chi connectivity index (χ1n) is 9.00. The molecule has 0 bridgehead atoms. The first kappa shape index (κ1) is 24.5. The van der Waals surface area contributed by atoms with Crippen molar-refractivity contribution in [1.29, 1.82) is 0 Å². The summed E-state index contributed by atoms with van der Waals surface area (Å²) in [5.74, 6) is 1.53. The molecule has 0 aromatic heterocycles. The van der Waals surface area contributed by atoms with Crippen molar-refractivity contribution in [3.63, 3.8) is 0 Å². The molecule has 0 radical (unpaired) electrons. The third-order valence-electron chi connectivity index (χ3n) is 3.60. The number of hydrogen-bond acceptors (Lipinski definition) is 4. The maximum atomic E-state index is 11.1. The highest BCUT2D eigenvalue weighted by Gasteiger charge is 2.03. The summed E-state index contributed by atoms with van der Waals surface area (Å²) in [6.07, 6.45) is 3.30. The summed E-state index contributed by atoms with van der Waals surface area (Å²) in [5.41, 5.74) is 1.07. The van der Waals surface area contributed by atoms with E-state index in [1.165, 1.54) is 7.11 Å². The Morgan fingerprint density at radius 2 is 1.88 bits per heavy atom. The van der Waals surface area contributed by atoms with E-state index in [0.29, 0.717) is 19.6 Å². The summed E-state index contributed by atoms with van der Waals surface area (Å²) in [5, 5.41) is 6.57. The Morgan fingerprint density at radius 1 is 1.12 bits per heavy atom. The molecule has 0 saturated heterocycles. The molecule has 26 heavy (non-hydrogen) atoms. The van der Waals surface area contributed by atoms with Gasteiger partial charge in [-0.2, -0.15) is 0 Å². The highest BCUT2D eigenvalue weighted by molar-refractivity contribution is 14.0. The van der Waals surface area contributed by atoms with Crippen molar-refractivity contribution in [2.75, 3.05) is 26.8 Å². The average Bonchev–Trinajstić information content (AvgIpc) is 2.63. The summed E-state index contributed by atoms with van der Waals surface area (Å²) in [6, 6.07) is 7.96. The van der Waals surface area contributed by atoms with Crippen LogP contribution < -0.4 is 15.4 Å². The van der Waals surface area contributed by atoms with Crippen molar-refractivity contribution in [2.24, 2.45) is 4.99 Å². The third kappa shape index (κ3) is 10.5. The van der Waals surface area contributed by atoms with Crippen LogP contribution >= 0.6 is 24.0 Å². The van der Waals surface area contributed by atoms with E-state index >= 15 is 0 Å². The molecule has 1 aromatic rings. The lowest BCUT2D eigenvalue weighted by Crippen LogP contribution is -2.37. The number of ether oxygens (including phenoxy) is 2. The van der Waals surface area contributed by atoms with Gasteiger partial charge in [-0.3, -0.25) is 4.79 Å².